The molecule has 0 unspecified atom stereocenters. The molecule has 9 nitrogen and oxygen atoms in total. The van der Waals surface area contributed by atoms with E-state index in [0.717, 1.165) is 57.8 Å². The molecule has 2 aliphatic carbocycles. The third kappa shape index (κ3) is 14.3. The molecule has 0 saturated carbocycles. The van der Waals surface area contributed by atoms with Crippen LogP contribution in [-0.2, 0) is 19.3 Å². The third-order valence-corrected chi connectivity index (χ3v) is 14.5. The maximum Gasteiger partial charge on any atom is 0.338 e. The van der Waals surface area contributed by atoms with Crippen LogP contribution in [0.4, 0.5) is 0 Å². The molecule has 4 aromatic rings. The van der Waals surface area contributed by atoms with Crippen LogP contribution in [0, 0.1) is 0 Å². The first-order chi connectivity index (χ1) is 34.2. The highest BCUT2D eigenvalue weighted by molar-refractivity contribution is 6.33. The first-order valence-corrected chi connectivity index (χ1v) is 27.8. The minimum Gasteiger partial charge on any atom is -0.462 e. The van der Waals surface area contributed by atoms with Crippen molar-refractivity contribution in [3.05, 3.63) is 73.5 Å². The summed E-state index contributed by atoms with van der Waals surface area (Å²) < 4.78 is 17.2. The summed E-state index contributed by atoms with van der Waals surface area (Å²) in [6.07, 6.45) is 34.1. The second-order valence-electron chi connectivity index (χ2n) is 20.2. The van der Waals surface area contributed by atoms with E-state index in [1.54, 1.807) is 0 Å². The summed E-state index contributed by atoms with van der Waals surface area (Å²) in [6.45, 7) is 7.28. The molecule has 0 aliphatic heterocycles. The Kier molecular flexibility index (Phi) is 22.3. The number of unbranched alkanes of at least 4 members (excludes halogenated alkanes) is 27. The van der Waals surface area contributed by atoms with Crippen LogP contribution in [0.1, 0.15) is 244 Å². The lowest BCUT2D eigenvalue weighted by Gasteiger charge is -2.22. The number of rotatable bonds is 36. The minimum absolute atomic E-state index is 0.0569. The van der Waals surface area contributed by atoms with Crippen molar-refractivity contribution in [2.75, 3.05) is 19.8 Å². The van der Waals surface area contributed by atoms with E-state index in [1.807, 2.05) is 0 Å². The summed E-state index contributed by atoms with van der Waals surface area (Å²) in [4.78, 5) is 70.6. The molecule has 0 atom stereocenters. The maximum atomic E-state index is 14.7. The fourth-order valence-corrected chi connectivity index (χ4v) is 10.5. The van der Waals surface area contributed by atoms with Gasteiger partial charge in [-0.25, -0.2) is 14.4 Å². The lowest BCUT2D eigenvalue weighted by Crippen LogP contribution is -2.17. The highest BCUT2D eigenvalue weighted by Crippen LogP contribution is 2.50. The van der Waals surface area contributed by atoms with Gasteiger partial charge in [0.05, 0.1) is 36.5 Å². The Morgan fingerprint density at radius 2 is 0.571 bits per heavy atom. The summed E-state index contributed by atoms with van der Waals surface area (Å²) in [6, 6.07) is 8.84. The summed E-state index contributed by atoms with van der Waals surface area (Å²) in [7, 11) is 0. The number of carbonyl (C=O) groups excluding carboxylic acids is 3. The molecule has 0 aromatic heterocycles. The predicted molar refractivity (Wildman–Crippen MR) is 286 cm³/mol. The molecular formula is C61H81O9. The molecule has 0 fully saturated rings. The average Bonchev–Trinajstić information content (AvgIpc) is 3.37. The highest BCUT2D eigenvalue weighted by atomic mass is 16.5. The van der Waals surface area contributed by atoms with Crippen molar-refractivity contribution in [1.82, 2.24) is 0 Å². The minimum atomic E-state index is -0.647. The standard InChI is InChI=1S/C61H81O9/c1-4-7-10-13-16-19-22-25-28-31-34-68-59(65)43-37-46-52-47(38-43)57(63)49-40-45(61(67)70-36-33-30-27-24-21-18-15-12-9-6-3)42-51-54(49)55(52)53-48(56(46)62)39-44(41-50(53)58(51)64)60(66)69-35-32-29-26-23-20-17-14-11-8-5-2/h37-42H,4-36H2,1-3H3. The Bertz CT molecular complexity index is 2480. The van der Waals surface area contributed by atoms with Crippen LogP contribution < -0.4 is 10.9 Å². The van der Waals surface area contributed by atoms with Gasteiger partial charge in [-0.1, -0.05) is 194 Å². The fraction of sp³-hybridized carbons (Fsp3) is 0.590. The van der Waals surface area contributed by atoms with Gasteiger partial charge in [0, 0.05) is 54.2 Å². The fourth-order valence-electron chi connectivity index (χ4n) is 10.5. The van der Waals surface area contributed by atoms with Gasteiger partial charge in [0.1, 0.15) is 0 Å². The number of hydrogen-bond donors (Lipinski definition) is 0. The SMILES string of the molecule is CCCCCCCCCCCCOC(=O)c1cc2c3c(c1)c(=O)c1cc(C(=O)OCCCCCCCCCCCC)cc4c([O])c5cc(C(=O)OCCCCCCCCCCCC)cc(c2=O)c5c-3c41. The van der Waals surface area contributed by atoms with Crippen LogP contribution in [0.15, 0.2) is 46.0 Å². The van der Waals surface area contributed by atoms with Gasteiger partial charge in [0.25, 0.3) is 0 Å². The summed E-state index contributed by atoms with van der Waals surface area (Å²) in [5.74, 6) is -2.45. The predicted octanol–water partition coefficient (Wildman–Crippen LogP) is 16.8. The van der Waals surface area contributed by atoms with E-state index in [-0.39, 0.29) is 68.8 Å². The molecule has 6 rings (SSSR count). The van der Waals surface area contributed by atoms with Crippen molar-refractivity contribution in [2.45, 2.75) is 213 Å². The van der Waals surface area contributed by atoms with Crippen molar-refractivity contribution < 1.29 is 33.7 Å². The van der Waals surface area contributed by atoms with Gasteiger partial charge >= 0.3 is 17.9 Å². The second kappa shape index (κ2) is 28.7. The summed E-state index contributed by atoms with van der Waals surface area (Å²) in [5, 5.41) is 16.1. The van der Waals surface area contributed by atoms with Gasteiger partial charge in [0.2, 0.25) is 0 Å². The molecule has 9 heteroatoms. The van der Waals surface area contributed by atoms with E-state index >= 15 is 0 Å². The first kappa shape index (κ1) is 54.3. The molecule has 0 saturated heterocycles. The van der Waals surface area contributed by atoms with Crippen molar-refractivity contribution in [1.29, 1.82) is 0 Å². The molecule has 2 aliphatic rings. The average molecular weight is 958 g/mol. The van der Waals surface area contributed by atoms with Crippen LogP contribution >= 0.6 is 0 Å². The van der Waals surface area contributed by atoms with Crippen molar-refractivity contribution in [2.24, 2.45) is 0 Å². The number of hydrogen-bond acceptors (Lipinski definition) is 8. The van der Waals surface area contributed by atoms with Crippen LogP contribution in [-0.4, -0.2) is 37.7 Å². The molecule has 0 heterocycles. The lowest BCUT2D eigenvalue weighted by molar-refractivity contribution is 0.0489. The second-order valence-corrected chi connectivity index (χ2v) is 20.2. The Morgan fingerprint density at radius 1 is 0.329 bits per heavy atom. The molecule has 4 aromatic carbocycles. The summed E-state index contributed by atoms with van der Waals surface area (Å²) in [5.41, 5.74) is -0.0119. The largest absolute Gasteiger partial charge is 0.462 e. The van der Waals surface area contributed by atoms with Gasteiger partial charge < -0.3 is 14.2 Å². The van der Waals surface area contributed by atoms with E-state index in [0.29, 0.717) is 41.2 Å². The zero-order valence-electron chi connectivity index (χ0n) is 43.0. The molecule has 0 bridgehead atoms. The van der Waals surface area contributed by atoms with Crippen molar-refractivity contribution >= 4 is 61.0 Å². The zero-order chi connectivity index (χ0) is 49.7. The van der Waals surface area contributed by atoms with Gasteiger partial charge in [-0.3, -0.25) is 14.7 Å². The van der Waals surface area contributed by atoms with Crippen LogP contribution in [0.2, 0.25) is 0 Å². The topological polar surface area (TPSA) is 133 Å². The van der Waals surface area contributed by atoms with Crippen molar-refractivity contribution in [3.63, 3.8) is 0 Å². The third-order valence-electron chi connectivity index (χ3n) is 14.5. The molecule has 0 spiro atoms. The van der Waals surface area contributed by atoms with Gasteiger partial charge in [-0.15, -0.1) is 0 Å². The Hall–Kier alpha value is -5.05. The smallest absolute Gasteiger partial charge is 0.338 e. The quantitative estimate of drug-likeness (QED) is 0.0125. The van der Waals surface area contributed by atoms with Crippen molar-refractivity contribution in [3.8, 4) is 16.9 Å². The first-order valence-electron chi connectivity index (χ1n) is 27.8. The number of esters is 3. The molecule has 1 radical (unpaired) electrons. The van der Waals surface area contributed by atoms with Gasteiger partial charge in [-0.05, 0) is 55.7 Å². The van der Waals surface area contributed by atoms with E-state index < -0.39 is 34.5 Å². The highest BCUT2D eigenvalue weighted by Gasteiger charge is 2.32. The van der Waals surface area contributed by atoms with Crippen LogP contribution in [0.3, 0.4) is 0 Å². The molecule has 70 heavy (non-hydrogen) atoms. The molecule has 0 amide bonds. The van der Waals surface area contributed by atoms with E-state index in [9.17, 15) is 29.1 Å². The van der Waals surface area contributed by atoms with Crippen LogP contribution in [0.5, 0.6) is 5.75 Å². The lowest BCUT2D eigenvalue weighted by atomic mass is 9.79. The van der Waals surface area contributed by atoms with E-state index in [4.69, 9.17) is 14.2 Å². The van der Waals surface area contributed by atoms with Gasteiger partial charge in [-0.2, -0.15) is 0 Å². The van der Waals surface area contributed by atoms with Gasteiger partial charge in [0.15, 0.2) is 16.6 Å². The maximum absolute atomic E-state index is 14.7. The molecule has 0 N–H and O–H groups in total. The normalized spacial score (nSPS) is 11.9. The number of ether oxygens (including phenoxy) is 3. The van der Waals surface area contributed by atoms with Crippen LogP contribution in [0.25, 0.3) is 54.2 Å². The number of benzene rings is 6. The van der Waals surface area contributed by atoms with E-state index in [1.165, 1.54) is 152 Å². The molecule has 379 valence electrons. The van der Waals surface area contributed by atoms with E-state index in [2.05, 4.69) is 20.8 Å². The molecular weight excluding hydrogens is 877 g/mol. The Labute approximate surface area is 416 Å². The Balaban J connectivity index is 1.25. The Morgan fingerprint density at radius 3 is 0.857 bits per heavy atom. The summed E-state index contributed by atoms with van der Waals surface area (Å²) >= 11 is 0. The monoisotopic (exact) mass is 958 g/mol. The zero-order valence-corrected chi connectivity index (χ0v) is 43.0. The number of carbonyl (C=O) groups is 3.